The molecular weight excluding hydrogens is 356 g/mol. The lowest BCUT2D eigenvalue weighted by Crippen LogP contribution is -2.23. The Morgan fingerprint density at radius 2 is 2.09 bits per heavy atom. The van der Waals surface area contributed by atoms with Gasteiger partial charge in [-0.25, -0.2) is 0 Å². The number of benzene rings is 1. The molecule has 0 saturated heterocycles. The van der Waals surface area contributed by atoms with Crippen molar-refractivity contribution in [1.82, 2.24) is 20.1 Å². The first-order chi connectivity index (χ1) is 11.1. The molecule has 3 rings (SSSR count). The number of hydrogen-bond donors (Lipinski definition) is 1. The van der Waals surface area contributed by atoms with Crippen LogP contribution in [0.1, 0.15) is 16.1 Å². The molecule has 0 fully saturated rings. The average Bonchev–Trinajstić information content (AvgIpc) is 2.94. The molecule has 3 aromatic rings. The molecule has 0 aliphatic carbocycles. The number of halogens is 1. The van der Waals surface area contributed by atoms with E-state index < -0.39 is 0 Å². The van der Waals surface area contributed by atoms with Crippen LogP contribution in [-0.2, 0) is 13.6 Å². The third-order valence-corrected chi connectivity index (χ3v) is 3.87. The smallest absolute Gasteiger partial charge is 0.251 e. The van der Waals surface area contributed by atoms with Crippen LogP contribution in [0.4, 0.5) is 0 Å². The molecule has 0 spiro atoms. The molecule has 2 aromatic heterocycles. The van der Waals surface area contributed by atoms with E-state index in [0.717, 1.165) is 21.6 Å². The Labute approximate surface area is 142 Å². The van der Waals surface area contributed by atoms with Crippen molar-refractivity contribution in [3.05, 3.63) is 70.5 Å². The zero-order chi connectivity index (χ0) is 16.2. The summed E-state index contributed by atoms with van der Waals surface area (Å²) in [5.74, 6) is -0.128. The van der Waals surface area contributed by atoms with Crippen LogP contribution in [0.3, 0.4) is 0 Å². The standard InChI is InChI=1S/C17H15BrN4O/c1-22-16(15-7-2-3-8-19-15)10-14(21-22)11-20-17(23)12-5-4-6-13(18)9-12/h2-10H,11H2,1H3,(H,20,23). The molecule has 0 bridgehead atoms. The predicted octanol–water partition coefficient (Wildman–Crippen LogP) is 3.17. The van der Waals surface area contributed by atoms with Crippen molar-refractivity contribution in [2.75, 3.05) is 0 Å². The Morgan fingerprint density at radius 3 is 2.83 bits per heavy atom. The summed E-state index contributed by atoms with van der Waals surface area (Å²) in [5, 5.41) is 7.30. The number of hydrogen-bond acceptors (Lipinski definition) is 3. The number of rotatable bonds is 4. The molecule has 2 heterocycles. The van der Waals surface area contributed by atoms with Crippen molar-refractivity contribution in [2.24, 2.45) is 7.05 Å². The summed E-state index contributed by atoms with van der Waals surface area (Å²) in [4.78, 5) is 16.5. The minimum absolute atomic E-state index is 0.128. The molecule has 0 aliphatic rings. The maximum Gasteiger partial charge on any atom is 0.251 e. The summed E-state index contributed by atoms with van der Waals surface area (Å²) >= 11 is 3.36. The lowest BCUT2D eigenvalue weighted by atomic mass is 10.2. The fraction of sp³-hybridized carbons (Fsp3) is 0.118. The van der Waals surface area contributed by atoms with E-state index in [1.54, 1.807) is 23.0 Å². The van der Waals surface area contributed by atoms with Crippen LogP contribution in [0, 0.1) is 0 Å². The summed E-state index contributed by atoms with van der Waals surface area (Å²) in [6, 6.07) is 15.0. The zero-order valence-electron chi connectivity index (χ0n) is 12.5. The first-order valence-corrected chi connectivity index (χ1v) is 7.91. The molecule has 6 heteroatoms. The summed E-state index contributed by atoms with van der Waals surface area (Å²) in [6.07, 6.45) is 1.75. The van der Waals surface area contributed by atoms with Crippen LogP contribution >= 0.6 is 15.9 Å². The lowest BCUT2D eigenvalue weighted by molar-refractivity contribution is 0.0950. The SMILES string of the molecule is Cn1nc(CNC(=O)c2cccc(Br)c2)cc1-c1ccccn1. The maximum absolute atomic E-state index is 12.2. The lowest BCUT2D eigenvalue weighted by Gasteiger charge is -2.03. The van der Waals surface area contributed by atoms with Crippen molar-refractivity contribution < 1.29 is 4.79 Å². The van der Waals surface area contributed by atoms with Crippen molar-refractivity contribution in [3.63, 3.8) is 0 Å². The van der Waals surface area contributed by atoms with Crippen LogP contribution in [0.5, 0.6) is 0 Å². The number of nitrogens with zero attached hydrogens (tertiary/aromatic N) is 3. The summed E-state index contributed by atoms with van der Waals surface area (Å²) in [5.41, 5.74) is 3.17. The molecule has 1 amide bonds. The highest BCUT2D eigenvalue weighted by molar-refractivity contribution is 9.10. The van der Waals surface area contributed by atoms with Crippen molar-refractivity contribution in [3.8, 4) is 11.4 Å². The van der Waals surface area contributed by atoms with Gasteiger partial charge in [0.15, 0.2) is 0 Å². The molecule has 0 atom stereocenters. The van der Waals surface area contributed by atoms with Gasteiger partial charge in [-0.2, -0.15) is 5.10 Å². The molecule has 23 heavy (non-hydrogen) atoms. The molecule has 116 valence electrons. The van der Waals surface area contributed by atoms with E-state index in [1.165, 1.54) is 0 Å². The first kappa shape index (κ1) is 15.4. The van der Waals surface area contributed by atoms with Gasteiger partial charge in [0.25, 0.3) is 5.91 Å². The van der Waals surface area contributed by atoms with Gasteiger partial charge in [0.05, 0.1) is 23.6 Å². The van der Waals surface area contributed by atoms with Gasteiger partial charge in [-0.15, -0.1) is 0 Å². The highest BCUT2D eigenvalue weighted by Crippen LogP contribution is 2.17. The number of carbonyl (C=O) groups is 1. The Bertz CT molecular complexity index is 830. The van der Waals surface area contributed by atoms with E-state index in [0.29, 0.717) is 12.1 Å². The quantitative estimate of drug-likeness (QED) is 0.767. The summed E-state index contributed by atoms with van der Waals surface area (Å²) in [6.45, 7) is 0.367. The van der Waals surface area contributed by atoms with Gasteiger partial charge in [-0.05, 0) is 36.4 Å². The van der Waals surface area contributed by atoms with E-state index in [4.69, 9.17) is 0 Å². The zero-order valence-corrected chi connectivity index (χ0v) is 14.1. The van der Waals surface area contributed by atoms with Crippen molar-refractivity contribution in [1.29, 1.82) is 0 Å². The molecular formula is C17H15BrN4O. The monoisotopic (exact) mass is 370 g/mol. The normalized spacial score (nSPS) is 10.5. The number of aryl methyl sites for hydroxylation is 1. The van der Waals surface area contributed by atoms with Gasteiger partial charge in [0.1, 0.15) is 0 Å². The largest absolute Gasteiger partial charge is 0.346 e. The van der Waals surface area contributed by atoms with Gasteiger partial charge in [-0.1, -0.05) is 28.1 Å². The third kappa shape index (κ3) is 3.65. The maximum atomic E-state index is 12.2. The van der Waals surface area contributed by atoms with Gasteiger partial charge < -0.3 is 5.32 Å². The van der Waals surface area contributed by atoms with Gasteiger partial charge in [0.2, 0.25) is 0 Å². The van der Waals surface area contributed by atoms with Crippen LogP contribution in [-0.4, -0.2) is 20.7 Å². The minimum Gasteiger partial charge on any atom is -0.346 e. The number of pyridine rings is 1. The number of nitrogens with one attached hydrogen (secondary N) is 1. The van der Waals surface area contributed by atoms with E-state index >= 15 is 0 Å². The molecule has 1 N–H and O–H groups in total. The molecule has 0 radical (unpaired) electrons. The molecule has 0 aliphatic heterocycles. The van der Waals surface area contributed by atoms with Gasteiger partial charge in [0, 0.05) is 23.3 Å². The molecule has 5 nitrogen and oxygen atoms in total. The predicted molar refractivity (Wildman–Crippen MR) is 91.8 cm³/mol. The molecule has 0 saturated carbocycles. The topological polar surface area (TPSA) is 59.8 Å². The Kier molecular flexibility index (Phi) is 4.52. The summed E-state index contributed by atoms with van der Waals surface area (Å²) < 4.78 is 2.64. The van der Waals surface area contributed by atoms with Crippen molar-refractivity contribution in [2.45, 2.75) is 6.54 Å². The second-order valence-electron chi connectivity index (χ2n) is 5.05. The number of carbonyl (C=O) groups excluding carboxylic acids is 1. The first-order valence-electron chi connectivity index (χ1n) is 7.11. The van der Waals surface area contributed by atoms with Crippen LogP contribution in [0.25, 0.3) is 11.4 Å². The third-order valence-electron chi connectivity index (χ3n) is 3.37. The molecule has 0 unspecified atom stereocenters. The van der Waals surface area contributed by atoms with E-state index in [1.807, 2.05) is 43.4 Å². The second kappa shape index (κ2) is 6.75. The Morgan fingerprint density at radius 1 is 1.22 bits per heavy atom. The van der Waals surface area contributed by atoms with Crippen LogP contribution in [0.15, 0.2) is 59.2 Å². The Hall–Kier alpha value is -2.47. The number of aromatic nitrogens is 3. The minimum atomic E-state index is -0.128. The van der Waals surface area contributed by atoms with Gasteiger partial charge in [-0.3, -0.25) is 14.5 Å². The average molecular weight is 371 g/mol. The van der Waals surface area contributed by atoms with E-state index in [2.05, 4.69) is 31.3 Å². The highest BCUT2D eigenvalue weighted by Gasteiger charge is 2.10. The van der Waals surface area contributed by atoms with Crippen LogP contribution in [0.2, 0.25) is 0 Å². The fourth-order valence-electron chi connectivity index (χ4n) is 2.27. The van der Waals surface area contributed by atoms with E-state index in [-0.39, 0.29) is 5.91 Å². The number of amides is 1. The van der Waals surface area contributed by atoms with Crippen molar-refractivity contribution >= 4 is 21.8 Å². The fourth-order valence-corrected chi connectivity index (χ4v) is 2.67. The highest BCUT2D eigenvalue weighted by atomic mass is 79.9. The molecule has 1 aromatic carbocycles. The summed E-state index contributed by atoms with van der Waals surface area (Å²) in [7, 11) is 1.86. The van der Waals surface area contributed by atoms with Crippen LogP contribution < -0.4 is 5.32 Å². The van der Waals surface area contributed by atoms with Gasteiger partial charge >= 0.3 is 0 Å². The van der Waals surface area contributed by atoms with E-state index in [9.17, 15) is 4.79 Å². The second-order valence-corrected chi connectivity index (χ2v) is 5.97. The Balaban J connectivity index is 1.71.